The van der Waals surface area contributed by atoms with Crippen LogP contribution in [0.5, 0.6) is 0 Å². The molecule has 0 aliphatic carbocycles. The Bertz CT molecular complexity index is 416. The molecule has 0 amide bonds. The molecule has 0 bridgehead atoms. The van der Waals surface area contributed by atoms with Gasteiger partial charge in [0.05, 0.1) is 0 Å². The number of likely N-dealkylation sites (N-methyl/N-ethyl adjacent to an activating group) is 1. The predicted octanol–water partition coefficient (Wildman–Crippen LogP) is 7.08. The lowest BCUT2D eigenvalue weighted by Crippen LogP contribution is -2.12. The lowest BCUT2D eigenvalue weighted by molar-refractivity contribution is 0.300. The van der Waals surface area contributed by atoms with Crippen LogP contribution >= 0.6 is 0 Å². The quantitative estimate of drug-likeness (QED) is 0.345. The van der Waals surface area contributed by atoms with Crippen LogP contribution in [0.25, 0.3) is 0 Å². The molecule has 0 saturated carbocycles. The van der Waals surface area contributed by atoms with E-state index in [2.05, 4.69) is 60.8 Å². The van der Waals surface area contributed by atoms with Crippen LogP contribution in [0.3, 0.4) is 0 Å². The third-order valence-electron chi connectivity index (χ3n) is 5.90. The molecule has 4 unspecified atom stereocenters. The Labute approximate surface area is 152 Å². The summed E-state index contributed by atoms with van der Waals surface area (Å²) in [6.07, 6.45) is 8.72. The molecule has 0 aliphatic heterocycles. The normalized spacial score (nSPS) is 17.1. The van der Waals surface area contributed by atoms with Crippen molar-refractivity contribution in [2.45, 2.75) is 73.6 Å². The van der Waals surface area contributed by atoms with Gasteiger partial charge in [-0.05, 0) is 60.7 Å². The summed E-state index contributed by atoms with van der Waals surface area (Å²) in [5.74, 6) is 3.03. The van der Waals surface area contributed by atoms with Crippen molar-refractivity contribution in [1.82, 2.24) is 4.90 Å². The molecule has 0 aromatic rings. The van der Waals surface area contributed by atoms with Gasteiger partial charge in [0.15, 0.2) is 0 Å². The van der Waals surface area contributed by atoms with E-state index in [4.69, 9.17) is 0 Å². The van der Waals surface area contributed by atoms with E-state index in [0.29, 0.717) is 5.92 Å². The first kappa shape index (κ1) is 23.0. The first-order chi connectivity index (χ1) is 11.1. The largest absolute Gasteiger partial charge is 0.378 e. The molecular formula is C23H43N. The molecule has 0 rings (SSSR count). The maximum Gasteiger partial charge on any atom is 0.0290 e. The highest BCUT2D eigenvalue weighted by molar-refractivity contribution is 5.33. The summed E-state index contributed by atoms with van der Waals surface area (Å²) in [6, 6.07) is 0. The third kappa shape index (κ3) is 8.76. The van der Waals surface area contributed by atoms with E-state index >= 15 is 0 Å². The van der Waals surface area contributed by atoms with Crippen molar-refractivity contribution in [3.8, 4) is 0 Å². The van der Waals surface area contributed by atoms with Crippen molar-refractivity contribution in [3.05, 3.63) is 36.1 Å². The zero-order valence-electron chi connectivity index (χ0n) is 17.8. The molecule has 0 aliphatic rings. The van der Waals surface area contributed by atoms with E-state index in [-0.39, 0.29) is 0 Å². The monoisotopic (exact) mass is 333 g/mol. The highest BCUT2D eigenvalue weighted by Crippen LogP contribution is 2.29. The van der Waals surface area contributed by atoms with Crippen LogP contribution in [0.1, 0.15) is 73.6 Å². The lowest BCUT2D eigenvalue weighted by Gasteiger charge is -2.24. The van der Waals surface area contributed by atoms with E-state index in [1.54, 1.807) is 0 Å². The number of hydrogen-bond acceptors (Lipinski definition) is 1. The Balaban J connectivity index is 4.38. The highest BCUT2D eigenvalue weighted by Gasteiger charge is 2.16. The Morgan fingerprint density at radius 3 is 1.88 bits per heavy atom. The second-order valence-corrected chi connectivity index (χ2v) is 8.26. The molecule has 0 heterocycles. The van der Waals surface area contributed by atoms with Gasteiger partial charge >= 0.3 is 0 Å². The summed E-state index contributed by atoms with van der Waals surface area (Å²) >= 11 is 0. The lowest BCUT2D eigenvalue weighted by atomic mass is 9.82. The second kappa shape index (κ2) is 11.6. The maximum absolute atomic E-state index is 4.33. The Hall–Kier alpha value is -0.980. The van der Waals surface area contributed by atoms with Crippen molar-refractivity contribution in [3.63, 3.8) is 0 Å². The molecule has 24 heavy (non-hydrogen) atoms. The van der Waals surface area contributed by atoms with Gasteiger partial charge in [-0.2, -0.15) is 0 Å². The van der Waals surface area contributed by atoms with Crippen molar-refractivity contribution in [2.24, 2.45) is 23.7 Å². The van der Waals surface area contributed by atoms with Gasteiger partial charge in [0.25, 0.3) is 0 Å². The molecule has 1 nitrogen and oxygen atoms in total. The van der Waals surface area contributed by atoms with Crippen LogP contribution < -0.4 is 0 Å². The molecule has 0 aromatic heterocycles. The van der Waals surface area contributed by atoms with Gasteiger partial charge in [-0.1, -0.05) is 67.0 Å². The minimum atomic E-state index is 0.542. The molecule has 0 saturated heterocycles. The van der Waals surface area contributed by atoms with Crippen LogP contribution in [-0.2, 0) is 0 Å². The summed E-state index contributed by atoms with van der Waals surface area (Å²) in [7, 11) is 4.06. The summed E-state index contributed by atoms with van der Waals surface area (Å²) in [6.45, 7) is 22.4. The third-order valence-corrected chi connectivity index (χ3v) is 5.90. The van der Waals surface area contributed by atoms with Crippen molar-refractivity contribution >= 4 is 0 Å². The van der Waals surface area contributed by atoms with Crippen LogP contribution in [0.2, 0.25) is 0 Å². The summed E-state index contributed by atoms with van der Waals surface area (Å²) < 4.78 is 0. The number of allylic oxidation sites excluding steroid dienone is 3. The average Bonchev–Trinajstić information content (AvgIpc) is 2.55. The number of hydrogen-bond donors (Lipinski definition) is 0. The minimum Gasteiger partial charge on any atom is -0.378 e. The fourth-order valence-electron chi connectivity index (χ4n) is 2.87. The van der Waals surface area contributed by atoms with Crippen molar-refractivity contribution < 1.29 is 0 Å². The summed E-state index contributed by atoms with van der Waals surface area (Å²) in [5, 5.41) is 0. The summed E-state index contributed by atoms with van der Waals surface area (Å²) in [5.41, 5.74) is 3.56. The number of rotatable bonds is 12. The Morgan fingerprint density at radius 2 is 1.42 bits per heavy atom. The predicted molar refractivity (Wildman–Crippen MR) is 111 cm³/mol. The molecular weight excluding hydrogens is 290 g/mol. The van der Waals surface area contributed by atoms with Crippen molar-refractivity contribution in [1.29, 1.82) is 0 Å². The average molecular weight is 334 g/mol. The maximum atomic E-state index is 4.33. The molecule has 0 N–H and O–H groups in total. The summed E-state index contributed by atoms with van der Waals surface area (Å²) in [4.78, 5) is 2.04. The fraction of sp³-hybridized carbons (Fsp3) is 0.739. The first-order valence-electron chi connectivity index (χ1n) is 9.83. The van der Waals surface area contributed by atoms with Crippen LogP contribution in [0.15, 0.2) is 36.1 Å². The zero-order valence-corrected chi connectivity index (χ0v) is 17.8. The van der Waals surface area contributed by atoms with E-state index < -0.39 is 0 Å². The highest BCUT2D eigenvalue weighted by atomic mass is 15.1. The molecule has 1 heteroatoms. The topological polar surface area (TPSA) is 3.24 Å². The van der Waals surface area contributed by atoms with E-state index in [1.807, 2.05) is 19.0 Å². The van der Waals surface area contributed by atoms with Gasteiger partial charge in [0.2, 0.25) is 0 Å². The van der Waals surface area contributed by atoms with Gasteiger partial charge in [0, 0.05) is 19.8 Å². The minimum absolute atomic E-state index is 0.542. The molecule has 140 valence electrons. The van der Waals surface area contributed by atoms with Crippen LogP contribution in [0, 0.1) is 23.7 Å². The fourth-order valence-corrected chi connectivity index (χ4v) is 2.87. The van der Waals surface area contributed by atoms with E-state index in [9.17, 15) is 0 Å². The standard InChI is InChI=1S/C23H43N/c1-11-17(2)12-13-18(3)19(4)14-15-20(5)23(8)21(6)16-22(7)24(9)10/h16-20H,7-8,11-15H2,1-6,9-10H3/b21-16-. The van der Waals surface area contributed by atoms with Gasteiger partial charge in [-0.15, -0.1) is 0 Å². The first-order valence-corrected chi connectivity index (χ1v) is 9.83. The van der Waals surface area contributed by atoms with Gasteiger partial charge < -0.3 is 4.90 Å². The molecule has 0 aromatic carbocycles. The second-order valence-electron chi connectivity index (χ2n) is 8.26. The smallest absolute Gasteiger partial charge is 0.0290 e. The molecule has 0 radical (unpaired) electrons. The van der Waals surface area contributed by atoms with E-state index in [0.717, 1.165) is 23.5 Å². The van der Waals surface area contributed by atoms with Gasteiger partial charge in [-0.25, -0.2) is 0 Å². The van der Waals surface area contributed by atoms with Gasteiger partial charge in [0.1, 0.15) is 0 Å². The van der Waals surface area contributed by atoms with Gasteiger partial charge in [-0.3, -0.25) is 0 Å². The zero-order chi connectivity index (χ0) is 18.9. The molecule has 0 fully saturated rings. The van der Waals surface area contributed by atoms with E-state index in [1.165, 1.54) is 43.3 Å². The van der Waals surface area contributed by atoms with Crippen LogP contribution in [0.4, 0.5) is 0 Å². The Kier molecular flexibility index (Phi) is 11.1. The van der Waals surface area contributed by atoms with Crippen LogP contribution in [-0.4, -0.2) is 19.0 Å². The molecule has 0 spiro atoms. The molecule has 4 atom stereocenters. The Morgan fingerprint density at radius 1 is 0.917 bits per heavy atom. The SMILES string of the molecule is C=C(/C(C)=C\C(=C)N(C)C)C(C)CCC(C)C(C)CCC(C)CC. The number of nitrogens with zero attached hydrogens (tertiary/aromatic N) is 1. The van der Waals surface area contributed by atoms with Crippen molar-refractivity contribution in [2.75, 3.05) is 14.1 Å².